The third-order valence-corrected chi connectivity index (χ3v) is 4.57. The number of aromatic nitrogens is 2. The Labute approximate surface area is 119 Å². The molecule has 1 aliphatic carbocycles. The molecule has 20 heavy (non-hydrogen) atoms. The van der Waals surface area contributed by atoms with Crippen LogP contribution in [-0.4, -0.2) is 26.6 Å². The van der Waals surface area contributed by atoms with Crippen LogP contribution in [0.5, 0.6) is 0 Å². The maximum atomic E-state index is 9.77. The van der Waals surface area contributed by atoms with Gasteiger partial charge >= 0.3 is 0 Å². The number of nitrogens with zero attached hydrogens (tertiary/aromatic N) is 2. The second kappa shape index (κ2) is 5.54. The smallest absolute Gasteiger partial charge is 0.137 e. The van der Waals surface area contributed by atoms with Crippen LogP contribution in [0.2, 0.25) is 0 Å². The highest BCUT2D eigenvalue weighted by atomic mass is 16.3. The standard InChI is InChI=1S/C16H23N3O/c1-13-14(19-10-6-3-7-15(19)18-13)11-17-16(12-20)8-4-2-5-9-16/h3,6-7,10,17,20H,2,4-5,8-9,11-12H2,1H3. The van der Waals surface area contributed by atoms with Gasteiger partial charge in [-0.05, 0) is 31.9 Å². The van der Waals surface area contributed by atoms with E-state index < -0.39 is 0 Å². The molecule has 0 bridgehead atoms. The lowest BCUT2D eigenvalue weighted by molar-refractivity contribution is 0.119. The fourth-order valence-corrected chi connectivity index (χ4v) is 3.27. The maximum absolute atomic E-state index is 9.77. The van der Waals surface area contributed by atoms with Crippen LogP contribution in [0.15, 0.2) is 24.4 Å². The first-order valence-corrected chi connectivity index (χ1v) is 7.53. The average Bonchev–Trinajstić information content (AvgIpc) is 2.81. The summed E-state index contributed by atoms with van der Waals surface area (Å²) in [4.78, 5) is 4.59. The SMILES string of the molecule is Cc1nc2ccccn2c1CNC1(CO)CCCCC1. The molecular formula is C16H23N3O. The molecule has 0 aliphatic heterocycles. The highest BCUT2D eigenvalue weighted by Crippen LogP contribution is 2.28. The molecular weight excluding hydrogens is 250 g/mol. The van der Waals surface area contributed by atoms with Crippen molar-refractivity contribution >= 4 is 5.65 Å². The van der Waals surface area contributed by atoms with E-state index in [1.165, 1.54) is 25.0 Å². The first kappa shape index (κ1) is 13.6. The molecule has 1 fully saturated rings. The van der Waals surface area contributed by atoms with E-state index in [9.17, 15) is 5.11 Å². The van der Waals surface area contributed by atoms with Gasteiger partial charge in [-0.15, -0.1) is 0 Å². The Bertz CT molecular complexity index is 584. The predicted molar refractivity (Wildman–Crippen MR) is 79.7 cm³/mol. The van der Waals surface area contributed by atoms with Gasteiger partial charge in [0.15, 0.2) is 0 Å². The number of aliphatic hydroxyl groups is 1. The molecule has 0 radical (unpaired) electrons. The van der Waals surface area contributed by atoms with Crippen molar-refractivity contribution < 1.29 is 5.11 Å². The second-order valence-electron chi connectivity index (χ2n) is 5.93. The highest BCUT2D eigenvalue weighted by Gasteiger charge is 2.31. The number of nitrogens with one attached hydrogen (secondary N) is 1. The van der Waals surface area contributed by atoms with Gasteiger partial charge in [-0.3, -0.25) is 0 Å². The topological polar surface area (TPSA) is 49.6 Å². The molecule has 0 aromatic carbocycles. The van der Waals surface area contributed by atoms with E-state index >= 15 is 0 Å². The van der Waals surface area contributed by atoms with E-state index in [-0.39, 0.29) is 12.1 Å². The summed E-state index contributed by atoms with van der Waals surface area (Å²) < 4.78 is 2.14. The van der Waals surface area contributed by atoms with Crippen LogP contribution in [0.25, 0.3) is 5.65 Å². The van der Waals surface area contributed by atoms with E-state index in [1.54, 1.807) is 0 Å². The van der Waals surface area contributed by atoms with Crippen LogP contribution in [0, 0.1) is 6.92 Å². The molecule has 4 heteroatoms. The van der Waals surface area contributed by atoms with E-state index in [0.29, 0.717) is 0 Å². The van der Waals surface area contributed by atoms with Crippen LogP contribution in [0.4, 0.5) is 0 Å². The Morgan fingerprint density at radius 3 is 2.85 bits per heavy atom. The fraction of sp³-hybridized carbons (Fsp3) is 0.562. The molecule has 2 heterocycles. The average molecular weight is 273 g/mol. The first-order chi connectivity index (χ1) is 9.74. The number of aliphatic hydroxyl groups excluding tert-OH is 1. The van der Waals surface area contributed by atoms with Crippen molar-refractivity contribution in [3.63, 3.8) is 0 Å². The van der Waals surface area contributed by atoms with Crippen LogP contribution < -0.4 is 5.32 Å². The summed E-state index contributed by atoms with van der Waals surface area (Å²) >= 11 is 0. The summed E-state index contributed by atoms with van der Waals surface area (Å²) in [5.41, 5.74) is 3.15. The minimum absolute atomic E-state index is 0.0936. The zero-order chi connectivity index (χ0) is 14.0. The van der Waals surface area contributed by atoms with Gasteiger partial charge in [0.2, 0.25) is 0 Å². The molecule has 2 aromatic heterocycles. The molecule has 108 valence electrons. The quantitative estimate of drug-likeness (QED) is 0.899. The van der Waals surface area contributed by atoms with Crippen LogP contribution in [0.3, 0.4) is 0 Å². The minimum atomic E-state index is -0.0936. The Balaban J connectivity index is 1.81. The van der Waals surface area contributed by atoms with Gasteiger partial charge in [0, 0.05) is 18.3 Å². The molecule has 2 N–H and O–H groups in total. The molecule has 0 amide bonds. The zero-order valence-corrected chi connectivity index (χ0v) is 12.1. The fourth-order valence-electron chi connectivity index (χ4n) is 3.27. The van der Waals surface area contributed by atoms with Crippen molar-refractivity contribution in [2.24, 2.45) is 0 Å². The molecule has 0 saturated heterocycles. The summed E-state index contributed by atoms with van der Waals surface area (Å²) in [5, 5.41) is 13.4. The van der Waals surface area contributed by atoms with Crippen molar-refractivity contribution in [2.75, 3.05) is 6.61 Å². The first-order valence-electron chi connectivity index (χ1n) is 7.53. The molecule has 3 rings (SSSR count). The number of hydrogen-bond donors (Lipinski definition) is 2. The van der Waals surface area contributed by atoms with Crippen molar-refractivity contribution in [3.05, 3.63) is 35.8 Å². The van der Waals surface area contributed by atoms with E-state index in [4.69, 9.17) is 0 Å². The van der Waals surface area contributed by atoms with Crippen LogP contribution in [-0.2, 0) is 6.54 Å². The summed E-state index contributed by atoms with van der Waals surface area (Å²) in [6.45, 7) is 3.04. The Morgan fingerprint density at radius 2 is 2.10 bits per heavy atom. The summed E-state index contributed by atoms with van der Waals surface area (Å²) in [6.07, 6.45) is 7.90. The molecule has 1 saturated carbocycles. The van der Waals surface area contributed by atoms with Gasteiger partial charge < -0.3 is 14.8 Å². The van der Waals surface area contributed by atoms with E-state index in [2.05, 4.69) is 27.8 Å². The predicted octanol–water partition coefficient (Wildman–Crippen LogP) is 2.43. The highest BCUT2D eigenvalue weighted by molar-refractivity contribution is 5.42. The van der Waals surface area contributed by atoms with Gasteiger partial charge in [-0.1, -0.05) is 25.3 Å². The Hall–Kier alpha value is -1.39. The van der Waals surface area contributed by atoms with Crippen molar-refractivity contribution in [1.82, 2.24) is 14.7 Å². The lowest BCUT2D eigenvalue weighted by Crippen LogP contribution is -2.49. The summed E-state index contributed by atoms with van der Waals surface area (Å²) in [7, 11) is 0. The minimum Gasteiger partial charge on any atom is -0.394 e. The number of hydrogen-bond acceptors (Lipinski definition) is 3. The Morgan fingerprint density at radius 1 is 1.30 bits per heavy atom. The lowest BCUT2D eigenvalue weighted by atomic mass is 9.82. The molecule has 4 nitrogen and oxygen atoms in total. The molecule has 1 aliphatic rings. The van der Waals surface area contributed by atoms with Gasteiger partial charge in [0.1, 0.15) is 5.65 Å². The van der Waals surface area contributed by atoms with Gasteiger partial charge in [0.05, 0.1) is 18.0 Å². The van der Waals surface area contributed by atoms with E-state index in [1.807, 2.05) is 18.2 Å². The third-order valence-electron chi connectivity index (χ3n) is 4.57. The zero-order valence-electron chi connectivity index (χ0n) is 12.1. The van der Waals surface area contributed by atoms with Gasteiger partial charge in [0.25, 0.3) is 0 Å². The normalized spacial score (nSPS) is 18.5. The summed E-state index contributed by atoms with van der Waals surface area (Å²) in [6, 6.07) is 6.06. The van der Waals surface area contributed by atoms with Crippen molar-refractivity contribution in [3.8, 4) is 0 Å². The van der Waals surface area contributed by atoms with Crippen molar-refractivity contribution in [2.45, 2.75) is 51.1 Å². The third kappa shape index (κ3) is 2.45. The van der Waals surface area contributed by atoms with Crippen molar-refractivity contribution in [1.29, 1.82) is 0 Å². The summed E-state index contributed by atoms with van der Waals surface area (Å²) in [5.74, 6) is 0. The largest absolute Gasteiger partial charge is 0.394 e. The number of aryl methyl sites for hydroxylation is 1. The number of fused-ring (bicyclic) bond motifs is 1. The lowest BCUT2D eigenvalue weighted by Gasteiger charge is -2.36. The molecule has 2 aromatic rings. The van der Waals surface area contributed by atoms with Gasteiger partial charge in [-0.25, -0.2) is 4.98 Å². The molecule has 0 spiro atoms. The van der Waals surface area contributed by atoms with E-state index in [0.717, 1.165) is 30.7 Å². The number of imidazole rings is 1. The Kier molecular flexibility index (Phi) is 3.76. The number of pyridine rings is 1. The van der Waals surface area contributed by atoms with Crippen LogP contribution in [0.1, 0.15) is 43.5 Å². The monoisotopic (exact) mass is 273 g/mol. The second-order valence-corrected chi connectivity index (χ2v) is 5.93. The number of rotatable bonds is 4. The van der Waals surface area contributed by atoms with Crippen LogP contribution >= 0.6 is 0 Å². The molecule has 0 atom stereocenters. The molecule has 0 unspecified atom stereocenters. The maximum Gasteiger partial charge on any atom is 0.137 e. The van der Waals surface area contributed by atoms with Gasteiger partial charge in [-0.2, -0.15) is 0 Å².